The summed E-state index contributed by atoms with van der Waals surface area (Å²) in [6, 6.07) is 12.5. The van der Waals surface area contributed by atoms with E-state index in [0.29, 0.717) is 5.69 Å². The number of pyridine rings is 1. The summed E-state index contributed by atoms with van der Waals surface area (Å²) in [7, 11) is -2.58. The van der Waals surface area contributed by atoms with Gasteiger partial charge in [-0.3, -0.25) is 5.32 Å². The minimum atomic E-state index is -4.93. The Kier molecular flexibility index (Phi) is 6.87. The zero-order chi connectivity index (χ0) is 29.5. The van der Waals surface area contributed by atoms with Crippen molar-refractivity contribution in [1.29, 1.82) is 0 Å². The first-order valence-electron chi connectivity index (χ1n) is 11.9. The maximum absolute atomic E-state index is 14.2. The summed E-state index contributed by atoms with van der Waals surface area (Å²) in [5, 5.41) is 13.9. The minimum Gasteiger partial charge on any atom is -0.465 e. The van der Waals surface area contributed by atoms with Crippen molar-refractivity contribution in [2.75, 3.05) is 17.7 Å². The molecule has 0 saturated heterocycles. The molecule has 0 aliphatic carbocycles. The highest BCUT2D eigenvalue weighted by Gasteiger charge is 2.37. The van der Waals surface area contributed by atoms with Gasteiger partial charge in [-0.15, -0.1) is 0 Å². The quantitative estimate of drug-likeness (QED) is 0.226. The van der Waals surface area contributed by atoms with Gasteiger partial charge < -0.3 is 10.4 Å². The third kappa shape index (κ3) is 5.16. The van der Waals surface area contributed by atoms with Crippen molar-refractivity contribution in [1.82, 2.24) is 18.9 Å². The average molecular weight is 583 g/mol. The van der Waals surface area contributed by atoms with Gasteiger partial charge in [0.05, 0.1) is 21.8 Å². The van der Waals surface area contributed by atoms with Gasteiger partial charge in [0.2, 0.25) is 5.95 Å². The molecule has 10 nitrogen and oxygen atoms in total. The van der Waals surface area contributed by atoms with Crippen molar-refractivity contribution >= 4 is 38.8 Å². The van der Waals surface area contributed by atoms with Crippen molar-refractivity contribution in [3.63, 3.8) is 0 Å². The maximum atomic E-state index is 14.2. The van der Waals surface area contributed by atoms with Gasteiger partial charge in [0, 0.05) is 42.2 Å². The summed E-state index contributed by atoms with van der Waals surface area (Å²) < 4.78 is 70.9. The first-order valence-corrected chi connectivity index (χ1v) is 13.4. The van der Waals surface area contributed by atoms with E-state index in [1.165, 1.54) is 48.8 Å². The molecule has 0 radical (unpaired) electrons. The number of anilines is 2. The molecule has 0 unspecified atom stereocenters. The van der Waals surface area contributed by atoms with Gasteiger partial charge >= 0.3 is 12.3 Å². The molecule has 2 aromatic carbocycles. The molecular weight excluding hydrogens is 561 g/mol. The first kappa shape index (κ1) is 27.6. The summed E-state index contributed by atoms with van der Waals surface area (Å²) in [5.74, 6) is 0.237. The van der Waals surface area contributed by atoms with Gasteiger partial charge in [-0.05, 0) is 42.8 Å². The number of carboxylic acid groups (broad SMARTS) is 1. The number of nitrogens with zero attached hydrogens (tertiary/aromatic N) is 4. The SMILES string of the molecule is CNc1nccc(-c2cn(S(=O)(=O)c3ccc(C)cc3)c3ncc(-c4cccc(NC(=O)O)c4C(F)(F)F)cc23)n1. The van der Waals surface area contributed by atoms with Crippen LogP contribution in [0.25, 0.3) is 33.4 Å². The van der Waals surface area contributed by atoms with Crippen LogP contribution in [0, 0.1) is 6.92 Å². The largest absolute Gasteiger partial charge is 0.465 e. The number of benzene rings is 2. The molecule has 14 heteroatoms. The third-order valence-corrected chi connectivity index (χ3v) is 7.91. The summed E-state index contributed by atoms with van der Waals surface area (Å²) in [6.45, 7) is 1.81. The fraction of sp³-hybridized carbons (Fsp3) is 0.111. The van der Waals surface area contributed by atoms with E-state index in [-0.39, 0.29) is 38.6 Å². The number of carbonyl (C=O) groups is 1. The van der Waals surface area contributed by atoms with Crippen LogP contribution in [0.2, 0.25) is 0 Å². The number of hydrogen-bond acceptors (Lipinski definition) is 7. The Morgan fingerprint density at radius 1 is 1.02 bits per heavy atom. The second-order valence-corrected chi connectivity index (χ2v) is 10.7. The molecule has 0 aliphatic heterocycles. The lowest BCUT2D eigenvalue weighted by Crippen LogP contribution is -2.15. The molecule has 0 aliphatic rings. The van der Waals surface area contributed by atoms with Crippen LogP contribution in [0.4, 0.5) is 29.6 Å². The van der Waals surface area contributed by atoms with Crippen LogP contribution in [0.1, 0.15) is 11.1 Å². The summed E-state index contributed by atoms with van der Waals surface area (Å²) in [4.78, 5) is 23.9. The van der Waals surface area contributed by atoms with Crippen molar-refractivity contribution in [2.24, 2.45) is 0 Å². The Morgan fingerprint density at radius 2 is 1.76 bits per heavy atom. The summed E-state index contributed by atoms with van der Waals surface area (Å²) in [5.41, 5.74) is -0.855. The number of fused-ring (bicyclic) bond motifs is 1. The first-order chi connectivity index (χ1) is 19.4. The highest BCUT2D eigenvalue weighted by atomic mass is 32.2. The normalized spacial score (nSPS) is 11.9. The summed E-state index contributed by atoms with van der Waals surface area (Å²) in [6.07, 6.45) is -2.72. The number of rotatable bonds is 6. The van der Waals surface area contributed by atoms with Crippen molar-refractivity contribution < 1.29 is 31.5 Å². The van der Waals surface area contributed by atoms with E-state index in [4.69, 9.17) is 5.11 Å². The molecule has 41 heavy (non-hydrogen) atoms. The number of halogens is 3. The number of hydrogen-bond donors (Lipinski definition) is 3. The van der Waals surface area contributed by atoms with Crippen molar-refractivity contribution in [2.45, 2.75) is 18.0 Å². The predicted octanol–water partition coefficient (Wildman–Crippen LogP) is 5.86. The third-order valence-electron chi connectivity index (χ3n) is 6.25. The Bertz CT molecular complexity index is 1910. The molecule has 1 amide bonds. The molecule has 0 saturated carbocycles. The molecule has 5 aromatic rings. The Hall–Kier alpha value is -4.98. The maximum Gasteiger partial charge on any atom is 0.419 e. The molecule has 3 N–H and O–H groups in total. The van der Waals surface area contributed by atoms with Gasteiger partial charge in [-0.2, -0.15) is 13.2 Å². The number of aryl methyl sites for hydroxylation is 1. The molecule has 0 bridgehead atoms. The number of nitrogens with one attached hydrogen (secondary N) is 2. The van der Waals surface area contributed by atoms with E-state index >= 15 is 0 Å². The Morgan fingerprint density at radius 3 is 2.41 bits per heavy atom. The van der Waals surface area contributed by atoms with Crippen LogP contribution in [-0.2, 0) is 16.2 Å². The van der Waals surface area contributed by atoms with E-state index in [1.807, 2.05) is 6.92 Å². The van der Waals surface area contributed by atoms with Crippen molar-refractivity contribution in [3.8, 4) is 22.4 Å². The minimum absolute atomic E-state index is 0.0113. The van der Waals surface area contributed by atoms with Gasteiger partial charge in [-0.25, -0.2) is 32.1 Å². The number of alkyl halides is 3. The second kappa shape index (κ2) is 10.2. The van der Waals surface area contributed by atoms with Crippen molar-refractivity contribution in [3.05, 3.63) is 84.3 Å². The zero-order valence-corrected chi connectivity index (χ0v) is 22.2. The Labute approximate surface area is 231 Å². The lowest BCUT2D eigenvalue weighted by molar-refractivity contribution is -0.136. The van der Waals surface area contributed by atoms with Gasteiger partial charge in [-0.1, -0.05) is 29.8 Å². The molecule has 0 fully saturated rings. The monoisotopic (exact) mass is 582 g/mol. The van der Waals surface area contributed by atoms with Crippen LogP contribution >= 0.6 is 0 Å². The lowest BCUT2D eigenvalue weighted by atomic mass is 9.97. The van der Waals surface area contributed by atoms with E-state index in [9.17, 15) is 26.4 Å². The van der Waals surface area contributed by atoms with E-state index in [2.05, 4.69) is 20.3 Å². The topological polar surface area (TPSA) is 139 Å². The van der Waals surface area contributed by atoms with Crippen LogP contribution in [-0.4, -0.2) is 45.6 Å². The average Bonchev–Trinajstić information content (AvgIpc) is 3.32. The second-order valence-electron chi connectivity index (χ2n) is 8.92. The molecule has 210 valence electrons. The Balaban J connectivity index is 1.80. The molecule has 3 heterocycles. The fourth-order valence-corrected chi connectivity index (χ4v) is 5.71. The molecule has 5 rings (SSSR count). The van der Waals surface area contributed by atoms with Gasteiger partial charge in [0.1, 0.15) is 0 Å². The predicted molar refractivity (Wildman–Crippen MR) is 146 cm³/mol. The van der Waals surface area contributed by atoms with Gasteiger partial charge in [0.15, 0.2) is 5.65 Å². The van der Waals surface area contributed by atoms with Gasteiger partial charge in [0.25, 0.3) is 10.0 Å². The molecular formula is C27H21F3N6O4S. The highest BCUT2D eigenvalue weighted by molar-refractivity contribution is 7.90. The van der Waals surface area contributed by atoms with Crippen LogP contribution in [0.5, 0.6) is 0 Å². The fourth-order valence-electron chi connectivity index (χ4n) is 4.38. The molecule has 0 atom stereocenters. The van der Waals surface area contributed by atoms with Crippen LogP contribution in [0.3, 0.4) is 0 Å². The smallest absolute Gasteiger partial charge is 0.419 e. The van der Waals surface area contributed by atoms with Crippen LogP contribution in [0.15, 0.2) is 78.1 Å². The zero-order valence-electron chi connectivity index (χ0n) is 21.4. The molecule has 3 aromatic heterocycles. The van der Waals surface area contributed by atoms with E-state index in [1.54, 1.807) is 24.5 Å². The molecule has 0 spiro atoms. The summed E-state index contributed by atoms with van der Waals surface area (Å²) >= 11 is 0. The number of aromatic nitrogens is 4. The van der Waals surface area contributed by atoms with E-state index in [0.717, 1.165) is 21.8 Å². The number of amides is 1. The van der Waals surface area contributed by atoms with Crippen LogP contribution < -0.4 is 10.6 Å². The van der Waals surface area contributed by atoms with E-state index < -0.39 is 33.5 Å². The standard InChI is InChI=1S/C27H21F3N6O4S/c1-15-6-8-17(9-7-15)41(39,40)36-14-20(21-10-11-32-25(31-2)34-21)19-12-16(13-33-24(19)36)18-4-3-5-22(35-26(37)38)23(18)27(28,29)30/h3-14,35H,1-2H3,(H,37,38)(H,31,32,34). The highest BCUT2D eigenvalue weighted by Crippen LogP contribution is 2.43. The lowest BCUT2D eigenvalue weighted by Gasteiger charge is -2.17.